The standard InChI is InChI=1S/C16H19ClN2O4/c1-4-12-14(10(2)23-19-12)16(20)18-13-7-5-6-11(17)15(13)22-9-8-21-3/h5-7H,4,8-9H2,1-3H3,(H,18,20). The number of amides is 1. The molecule has 2 rings (SSSR count). The predicted molar refractivity (Wildman–Crippen MR) is 87.4 cm³/mol. The van der Waals surface area contributed by atoms with Crippen LogP contribution in [0.25, 0.3) is 0 Å². The Bertz CT molecular complexity index is 685. The molecule has 0 radical (unpaired) electrons. The molecule has 0 aliphatic heterocycles. The van der Waals surface area contributed by atoms with E-state index in [9.17, 15) is 4.79 Å². The quantitative estimate of drug-likeness (QED) is 0.782. The normalized spacial score (nSPS) is 10.6. The molecule has 0 aliphatic rings. The minimum absolute atomic E-state index is 0.306. The molecule has 0 bridgehead atoms. The molecule has 1 aromatic carbocycles. The number of aromatic nitrogens is 1. The molecular formula is C16H19ClN2O4. The highest BCUT2D eigenvalue weighted by Crippen LogP contribution is 2.33. The summed E-state index contributed by atoms with van der Waals surface area (Å²) in [5.41, 5.74) is 1.54. The highest BCUT2D eigenvalue weighted by Gasteiger charge is 2.21. The molecule has 1 amide bonds. The maximum atomic E-state index is 12.5. The minimum atomic E-state index is -0.306. The zero-order valence-electron chi connectivity index (χ0n) is 13.3. The zero-order valence-corrected chi connectivity index (χ0v) is 14.1. The molecule has 23 heavy (non-hydrogen) atoms. The number of hydrogen-bond acceptors (Lipinski definition) is 5. The van der Waals surface area contributed by atoms with Crippen LogP contribution in [-0.2, 0) is 11.2 Å². The Kier molecular flexibility index (Phi) is 6.01. The van der Waals surface area contributed by atoms with Gasteiger partial charge in [-0.25, -0.2) is 0 Å². The number of halogens is 1. The van der Waals surface area contributed by atoms with Crippen molar-refractivity contribution in [3.8, 4) is 5.75 Å². The van der Waals surface area contributed by atoms with Gasteiger partial charge in [-0.15, -0.1) is 0 Å². The fourth-order valence-electron chi connectivity index (χ4n) is 2.12. The minimum Gasteiger partial charge on any atom is -0.487 e. The fraction of sp³-hybridized carbons (Fsp3) is 0.375. The summed E-state index contributed by atoms with van der Waals surface area (Å²) in [4.78, 5) is 12.5. The molecule has 1 N–H and O–H groups in total. The summed E-state index contributed by atoms with van der Waals surface area (Å²) in [7, 11) is 1.58. The van der Waals surface area contributed by atoms with Crippen LogP contribution in [-0.4, -0.2) is 31.4 Å². The van der Waals surface area contributed by atoms with Crippen molar-refractivity contribution in [2.24, 2.45) is 0 Å². The van der Waals surface area contributed by atoms with E-state index >= 15 is 0 Å². The molecular weight excluding hydrogens is 320 g/mol. The van der Waals surface area contributed by atoms with Crippen molar-refractivity contribution in [2.75, 3.05) is 25.6 Å². The summed E-state index contributed by atoms with van der Waals surface area (Å²) >= 11 is 6.16. The van der Waals surface area contributed by atoms with Crippen molar-refractivity contribution in [1.82, 2.24) is 5.16 Å². The van der Waals surface area contributed by atoms with Crippen LogP contribution in [0.2, 0.25) is 5.02 Å². The first kappa shape index (κ1) is 17.3. The number of para-hydroxylation sites is 1. The Morgan fingerprint density at radius 2 is 2.17 bits per heavy atom. The van der Waals surface area contributed by atoms with Crippen molar-refractivity contribution in [3.05, 3.63) is 40.2 Å². The number of hydrogen-bond donors (Lipinski definition) is 1. The number of benzene rings is 1. The van der Waals surface area contributed by atoms with Crippen molar-refractivity contribution in [1.29, 1.82) is 0 Å². The first-order valence-electron chi connectivity index (χ1n) is 7.25. The second kappa shape index (κ2) is 7.99. The number of rotatable bonds is 7. The van der Waals surface area contributed by atoms with Gasteiger partial charge in [0.1, 0.15) is 17.9 Å². The molecule has 0 spiro atoms. The Balaban J connectivity index is 2.23. The summed E-state index contributed by atoms with van der Waals surface area (Å²) in [6, 6.07) is 5.16. The average molecular weight is 339 g/mol. The number of carbonyl (C=O) groups excluding carboxylic acids is 1. The van der Waals surface area contributed by atoms with Crippen LogP contribution in [0.4, 0.5) is 5.69 Å². The second-order valence-corrected chi connectivity index (χ2v) is 5.23. The molecule has 1 aromatic heterocycles. The fourth-order valence-corrected chi connectivity index (χ4v) is 2.35. The molecule has 0 aliphatic carbocycles. The average Bonchev–Trinajstić information content (AvgIpc) is 2.91. The van der Waals surface area contributed by atoms with Crippen LogP contribution in [0.5, 0.6) is 5.75 Å². The van der Waals surface area contributed by atoms with E-state index in [1.54, 1.807) is 32.2 Å². The molecule has 0 unspecified atom stereocenters. The Morgan fingerprint density at radius 1 is 1.39 bits per heavy atom. The summed E-state index contributed by atoms with van der Waals surface area (Å²) in [5.74, 6) is 0.578. The van der Waals surface area contributed by atoms with Crippen LogP contribution >= 0.6 is 11.6 Å². The summed E-state index contributed by atoms with van der Waals surface area (Å²) in [6.45, 7) is 4.36. The third-order valence-corrected chi connectivity index (χ3v) is 3.54. The number of ether oxygens (including phenoxy) is 2. The van der Waals surface area contributed by atoms with E-state index < -0.39 is 0 Å². The van der Waals surface area contributed by atoms with E-state index in [4.69, 9.17) is 25.6 Å². The van der Waals surface area contributed by atoms with Gasteiger partial charge in [0, 0.05) is 7.11 Å². The molecule has 0 atom stereocenters. The summed E-state index contributed by atoms with van der Waals surface area (Å²) < 4.78 is 15.6. The van der Waals surface area contributed by atoms with Gasteiger partial charge in [0.2, 0.25) is 0 Å². The lowest BCUT2D eigenvalue weighted by Crippen LogP contribution is -2.16. The molecule has 1 heterocycles. The Morgan fingerprint density at radius 3 is 2.87 bits per heavy atom. The van der Waals surface area contributed by atoms with Crippen molar-refractivity contribution in [3.63, 3.8) is 0 Å². The van der Waals surface area contributed by atoms with Crippen molar-refractivity contribution < 1.29 is 18.8 Å². The Hall–Kier alpha value is -2.05. The van der Waals surface area contributed by atoms with Crippen molar-refractivity contribution in [2.45, 2.75) is 20.3 Å². The van der Waals surface area contributed by atoms with Gasteiger partial charge in [-0.2, -0.15) is 0 Å². The van der Waals surface area contributed by atoms with E-state index in [1.165, 1.54) is 0 Å². The van der Waals surface area contributed by atoms with Gasteiger partial charge in [-0.3, -0.25) is 4.79 Å². The smallest absolute Gasteiger partial charge is 0.261 e. The van der Waals surface area contributed by atoms with Gasteiger partial charge in [-0.05, 0) is 25.5 Å². The molecule has 7 heteroatoms. The van der Waals surface area contributed by atoms with Gasteiger partial charge in [-0.1, -0.05) is 29.7 Å². The highest BCUT2D eigenvalue weighted by molar-refractivity contribution is 6.32. The number of nitrogens with one attached hydrogen (secondary N) is 1. The third-order valence-electron chi connectivity index (χ3n) is 3.24. The summed E-state index contributed by atoms with van der Waals surface area (Å²) in [5, 5.41) is 7.11. The van der Waals surface area contributed by atoms with E-state index in [0.29, 0.717) is 53.1 Å². The largest absolute Gasteiger partial charge is 0.487 e. The number of aryl methyl sites for hydroxylation is 2. The maximum Gasteiger partial charge on any atom is 0.261 e. The lowest BCUT2D eigenvalue weighted by molar-refractivity contribution is 0.102. The van der Waals surface area contributed by atoms with Gasteiger partial charge in [0.15, 0.2) is 5.75 Å². The first-order valence-corrected chi connectivity index (χ1v) is 7.63. The number of nitrogens with zero attached hydrogens (tertiary/aromatic N) is 1. The molecule has 6 nitrogen and oxygen atoms in total. The van der Waals surface area contributed by atoms with Gasteiger partial charge in [0.05, 0.1) is 23.0 Å². The van der Waals surface area contributed by atoms with Crippen molar-refractivity contribution >= 4 is 23.2 Å². The SMILES string of the molecule is CCc1noc(C)c1C(=O)Nc1cccc(Cl)c1OCCOC. The van der Waals surface area contributed by atoms with Gasteiger partial charge in [0.25, 0.3) is 5.91 Å². The number of carbonyl (C=O) groups is 1. The van der Waals surface area contributed by atoms with Crippen LogP contribution in [0.1, 0.15) is 28.7 Å². The first-order chi connectivity index (χ1) is 11.1. The lowest BCUT2D eigenvalue weighted by atomic mass is 10.1. The lowest BCUT2D eigenvalue weighted by Gasteiger charge is -2.13. The molecule has 124 valence electrons. The molecule has 0 saturated carbocycles. The van der Waals surface area contributed by atoms with E-state index in [0.717, 1.165) is 0 Å². The Labute approximate surface area is 139 Å². The monoisotopic (exact) mass is 338 g/mol. The molecule has 2 aromatic rings. The van der Waals surface area contributed by atoms with Gasteiger partial charge < -0.3 is 19.3 Å². The van der Waals surface area contributed by atoms with Crippen LogP contribution in [0.15, 0.2) is 22.7 Å². The second-order valence-electron chi connectivity index (χ2n) is 4.83. The predicted octanol–water partition coefficient (Wildman–Crippen LogP) is 3.48. The topological polar surface area (TPSA) is 73.6 Å². The van der Waals surface area contributed by atoms with Crippen LogP contribution in [0, 0.1) is 6.92 Å². The highest BCUT2D eigenvalue weighted by atomic mass is 35.5. The zero-order chi connectivity index (χ0) is 16.8. The number of anilines is 1. The van der Waals surface area contributed by atoms with E-state index in [2.05, 4.69) is 10.5 Å². The maximum absolute atomic E-state index is 12.5. The van der Waals surface area contributed by atoms with E-state index in [1.807, 2.05) is 6.92 Å². The van der Waals surface area contributed by atoms with E-state index in [-0.39, 0.29) is 5.91 Å². The number of methoxy groups -OCH3 is 1. The van der Waals surface area contributed by atoms with Gasteiger partial charge >= 0.3 is 0 Å². The molecule has 0 saturated heterocycles. The molecule has 0 fully saturated rings. The van der Waals surface area contributed by atoms with Crippen LogP contribution in [0.3, 0.4) is 0 Å². The van der Waals surface area contributed by atoms with Crippen LogP contribution < -0.4 is 10.1 Å². The summed E-state index contributed by atoms with van der Waals surface area (Å²) in [6.07, 6.45) is 0.604. The third kappa shape index (κ3) is 4.03.